The fraction of sp³-hybridized carbons (Fsp3) is 0.348. The number of benzene rings is 2. The van der Waals surface area contributed by atoms with Crippen LogP contribution < -0.4 is 14.8 Å². The number of carbonyl (C=O) groups is 1. The molecule has 35 heavy (non-hydrogen) atoms. The molecule has 192 valence electrons. The molecule has 0 saturated carbocycles. The number of nitrogens with one attached hydrogen (secondary N) is 2. The summed E-state index contributed by atoms with van der Waals surface area (Å²) < 4.78 is 97.2. The zero-order valence-corrected chi connectivity index (χ0v) is 20.0. The van der Waals surface area contributed by atoms with Gasteiger partial charge in [-0.15, -0.1) is 0 Å². The van der Waals surface area contributed by atoms with Crippen LogP contribution in [0.15, 0.2) is 36.4 Å². The van der Waals surface area contributed by atoms with Gasteiger partial charge in [0.05, 0.1) is 24.5 Å². The summed E-state index contributed by atoms with van der Waals surface area (Å²) >= 11 is 0. The van der Waals surface area contributed by atoms with Crippen LogP contribution in [-0.4, -0.2) is 27.2 Å². The van der Waals surface area contributed by atoms with E-state index in [4.69, 9.17) is 4.74 Å². The summed E-state index contributed by atoms with van der Waals surface area (Å²) in [5.74, 6) is -3.05. The average molecular weight is 521 g/mol. The van der Waals surface area contributed by atoms with Gasteiger partial charge in [0, 0.05) is 11.6 Å². The van der Waals surface area contributed by atoms with Gasteiger partial charge in [-0.05, 0) is 49.2 Å². The number of hydrogen-bond donors (Lipinski definition) is 2. The van der Waals surface area contributed by atoms with E-state index < -0.39 is 51.0 Å². The standard InChI is InChI=1S/C23H25F5N2O4S/c1-4-5-10-34-20-13-17(23(26,27)28)8-6-15(20)7-9-21(31)29-14(2)16-11-18(24)22(19(25)12-16)30-35(3,32)33/h6-9,11-14,30H,4-5,10H2,1-3H3,(H,29,31). The van der Waals surface area contributed by atoms with Crippen molar-refractivity contribution in [1.29, 1.82) is 0 Å². The molecule has 1 atom stereocenters. The number of sulfonamides is 1. The van der Waals surface area contributed by atoms with Gasteiger partial charge in [0.15, 0.2) is 11.6 Å². The molecule has 0 aliphatic heterocycles. The quantitative estimate of drug-likeness (QED) is 0.249. The third kappa shape index (κ3) is 8.53. The van der Waals surface area contributed by atoms with E-state index in [2.05, 4.69) is 5.32 Å². The van der Waals surface area contributed by atoms with Crippen LogP contribution in [0.5, 0.6) is 5.75 Å². The van der Waals surface area contributed by atoms with Crippen LogP contribution in [0.1, 0.15) is 49.4 Å². The Hall–Kier alpha value is -3.15. The van der Waals surface area contributed by atoms with Crippen molar-refractivity contribution in [1.82, 2.24) is 5.32 Å². The van der Waals surface area contributed by atoms with E-state index in [1.54, 1.807) is 4.72 Å². The maximum absolute atomic E-state index is 14.2. The van der Waals surface area contributed by atoms with Crippen molar-refractivity contribution in [2.45, 2.75) is 38.9 Å². The van der Waals surface area contributed by atoms with Gasteiger partial charge in [-0.1, -0.05) is 19.4 Å². The lowest BCUT2D eigenvalue weighted by molar-refractivity contribution is -0.137. The third-order valence-corrected chi connectivity index (χ3v) is 5.30. The van der Waals surface area contributed by atoms with E-state index in [9.17, 15) is 35.2 Å². The van der Waals surface area contributed by atoms with Gasteiger partial charge in [-0.3, -0.25) is 9.52 Å². The highest BCUT2D eigenvalue weighted by Gasteiger charge is 2.31. The summed E-state index contributed by atoms with van der Waals surface area (Å²) in [6.07, 6.45) is -0.0947. The first-order valence-electron chi connectivity index (χ1n) is 10.5. The van der Waals surface area contributed by atoms with Gasteiger partial charge in [-0.2, -0.15) is 13.2 Å². The molecule has 0 heterocycles. The Morgan fingerprint density at radius 2 is 1.77 bits per heavy atom. The van der Waals surface area contributed by atoms with Crippen LogP contribution in [0, 0.1) is 11.6 Å². The topological polar surface area (TPSA) is 84.5 Å². The molecular formula is C23H25F5N2O4S. The van der Waals surface area contributed by atoms with E-state index >= 15 is 0 Å². The highest BCUT2D eigenvalue weighted by atomic mass is 32.2. The summed E-state index contributed by atoms with van der Waals surface area (Å²) in [6.45, 7) is 3.54. The lowest BCUT2D eigenvalue weighted by Gasteiger charge is -2.15. The van der Waals surface area contributed by atoms with Gasteiger partial charge in [0.1, 0.15) is 11.4 Å². The number of alkyl halides is 3. The van der Waals surface area contributed by atoms with Crippen LogP contribution in [0.25, 0.3) is 6.08 Å². The summed E-state index contributed by atoms with van der Waals surface area (Å²) in [5.41, 5.74) is -1.46. The first kappa shape index (κ1) is 28.1. The van der Waals surface area contributed by atoms with Crippen molar-refractivity contribution in [3.63, 3.8) is 0 Å². The molecule has 0 aliphatic rings. The molecule has 1 unspecified atom stereocenters. The van der Waals surface area contributed by atoms with Crippen LogP contribution in [-0.2, 0) is 21.0 Å². The fourth-order valence-electron chi connectivity index (χ4n) is 2.94. The smallest absolute Gasteiger partial charge is 0.416 e. The average Bonchev–Trinajstić information content (AvgIpc) is 2.74. The molecule has 2 aromatic carbocycles. The zero-order valence-electron chi connectivity index (χ0n) is 19.2. The fourth-order valence-corrected chi connectivity index (χ4v) is 3.50. The maximum atomic E-state index is 14.2. The number of halogens is 5. The number of hydrogen-bond acceptors (Lipinski definition) is 4. The van der Waals surface area contributed by atoms with Gasteiger partial charge < -0.3 is 10.1 Å². The maximum Gasteiger partial charge on any atom is 0.416 e. The number of ether oxygens (including phenoxy) is 1. The number of anilines is 1. The van der Waals surface area contributed by atoms with E-state index in [1.807, 2.05) is 6.92 Å². The molecule has 6 nitrogen and oxygen atoms in total. The van der Waals surface area contributed by atoms with Crippen molar-refractivity contribution in [2.75, 3.05) is 17.6 Å². The van der Waals surface area contributed by atoms with E-state index in [0.717, 1.165) is 43.0 Å². The van der Waals surface area contributed by atoms with E-state index in [0.29, 0.717) is 6.42 Å². The molecule has 1 amide bonds. The summed E-state index contributed by atoms with van der Waals surface area (Å²) in [7, 11) is -3.91. The molecule has 0 spiro atoms. The van der Waals surface area contributed by atoms with Crippen molar-refractivity contribution >= 4 is 27.7 Å². The number of amides is 1. The first-order chi connectivity index (χ1) is 16.2. The molecular weight excluding hydrogens is 495 g/mol. The minimum absolute atomic E-state index is 0.0268. The number of carbonyl (C=O) groups excluding carboxylic acids is 1. The number of unbranched alkanes of at least 4 members (excludes halogenated alkanes) is 1. The third-order valence-electron chi connectivity index (χ3n) is 4.72. The first-order valence-corrected chi connectivity index (χ1v) is 12.4. The molecule has 0 saturated heterocycles. The minimum Gasteiger partial charge on any atom is -0.493 e. The Labute approximate surface area is 200 Å². The molecule has 0 radical (unpaired) electrons. The van der Waals surface area contributed by atoms with Crippen LogP contribution >= 0.6 is 0 Å². The SMILES string of the molecule is CCCCOc1cc(C(F)(F)F)ccc1C=CC(=O)NC(C)c1cc(F)c(NS(C)(=O)=O)c(F)c1. The lowest BCUT2D eigenvalue weighted by Crippen LogP contribution is -2.25. The lowest BCUT2D eigenvalue weighted by atomic mass is 10.1. The minimum atomic E-state index is -4.56. The van der Waals surface area contributed by atoms with Gasteiger partial charge in [0.25, 0.3) is 0 Å². The van der Waals surface area contributed by atoms with Crippen LogP contribution in [0.4, 0.5) is 27.6 Å². The Kier molecular flexibility index (Phi) is 9.24. The molecule has 2 rings (SSSR count). The molecule has 0 bridgehead atoms. The van der Waals surface area contributed by atoms with E-state index in [-0.39, 0.29) is 23.5 Å². The highest BCUT2D eigenvalue weighted by molar-refractivity contribution is 7.92. The second-order valence-corrected chi connectivity index (χ2v) is 9.50. The van der Waals surface area contributed by atoms with Gasteiger partial charge in [-0.25, -0.2) is 17.2 Å². The predicted octanol–water partition coefficient (Wildman–Crippen LogP) is 5.42. The second kappa shape index (κ2) is 11.5. The van der Waals surface area contributed by atoms with Crippen molar-refractivity contribution < 1.29 is 39.9 Å². The molecule has 2 N–H and O–H groups in total. The van der Waals surface area contributed by atoms with Crippen LogP contribution in [0.3, 0.4) is 0 Å². The predicted molar refractivity (Wildman–Crippen MR) is 122 cm³/mol. The van der Waals surface area contributed by atoms with Crippen molar-refractivity contribution in [3.8, 4) is 5.75 Å². The summed E-state index contributed by atoms with van der Waals surface area (Å²) in [6, 6.07) is 3.77. The molecule has 12 heteroatoms. The molecule has 0 aromatic heterocycles. The Morgan fingerprint density at radius 1 is 1.14 bits per heavy atom. The summed E-state index contributed by atoms with van der Waals surface area (Å²) in [4.78, 5) is 12.3. The van der Waals surface area contributed by atoms with Crippen molar-refractivity contribution in [2.24, 2.45) is 0 Å². The van der Waals surface area contributed by atoms with Gasteiger partial charge in [0.2, 0.25) is 15.9 Å². The van der Waals surface area contributed by atoms with Gasteiger partial charge >= 0.3 is 6.18 Å². The largest absolute Gasteiger partial charge is 0.493 e. The molecule has 2 aromatic rings. The summed E-state index contributed by atoms with van der Waals surface area (Å²) in [5, 5.41) is 2.48. The Balaban J connectivity index is 2.18. The molecule has 0 fully saturated rings. The Bertz CT molecular complexity index is 1170. The number of rotatable bonds is 10. The molecule has 0 aliphatic carbocycles. The highest BCUT2D eigenvalue weighted by Crippen LogP contribution is 2.33. The van der Waals surface area contributed by atoms with E-state index in [1.165, 1.54) is 19.1 Å². The monoisotopic (exact) mass is 520 g/mol. The Morgan fingerprint density at radius 3 is 2.31 bits per heavy atom. The second-order valence-electron chi connectivity index (χ2n) is 7.75. The van der Waals surface area contributed by atoms with Crippen molar-refractivity contribution in [3.05, 3.63) is 64.7 Å². The zero-order chi connectivity index (χ0) is 26.4. The van der Waals surface area contributed by atoms with Crippen LogP contribution in [0.2, 0.25) is 0 Å². The normalized spacial score (nSPS) is 13.0.